The summed E-state index contributed by atoms with van der Waals surface area (Å²) in [5, 5.41) is 0. The van der Waals surface area contributed by atoms with Gasteiger partial charge in [-0.1, -0.05) is 23.7 Å². The van der Waals surface area contributed by atoms with Gasteiger partial charge in [-0.2, -0.15) is 0 Å². The van der Waals surface area contributed by atoms with Crippen molar-refractivity contribution in [3.05, 3.63) is 50.7 Å². The first-order valence-electron chi connectivity index (χ1n) is 5.66. The zero-order valence-corrected chi connectivity index (χ0v) is 11.8. The van der Waals surface area contributed by atoms with Gasteiger partial charge in [-0.3, -0.25) is 4.79 Å². The number of thiophene rings is 1. The summed E-state index contributed by atoms with van der Waals surface area (Å²) in [6.45, 7) is 4.33. The quantitative estimate of drug-likeness (QED) is 0.779. The Balaban J connectivity index is 2.39. The molecule has 2 nitrogen and oxygen atoms in total. The van der Waals surface area contributed by atoms with E-state index >= 15 is 0 Å². The van der Waals surface area contributed by atoms with Crippen molar-refractivity contribution in [1.82, 2.24) is 0 Å². The van der Waals surface area contributed by atoms with E-state index in [1.54, 1.807) is 12.1 Å². The van der Waals surface area contributed by atoms with E-state index in [0.29, 0.717) is 27.1 Å². The lowest BCUT2D eigenvalue weighted by Crippen LogP contribution is -2.03. The van der Waals surface area contributed by atoms with E-state index in [2.05, 4.69) is 0 Å². The third kappa shape index (κ3) is 2.57. The van der Waals surface area contributed by atoms with E-state index in [-0.39, 0.29) is 5.78 Å². The number of para-hydroxylation sites is 1. The Hall–Kier alpha value is -1.32. The minimum atomic E-state index is -0.0425. The highest BCUT2D eigenvalue weighted by Crippen LogP contribution is 2.30. The molecule has 0 amide bonds. The van der Waals surface area contributed by atoms with Gasteiger partial charge in [0.1, 0.15) is 5.75 Å². The highest BCUT2D eigenvalue weighted by molar-refractivity contribution is 7.18. The monoisotopic (exact) mass is 280 g/mol. The van der Waals surface area contributed by atoms with Crippen molar-refractivity contribution >= 4 is 28.7 Å². The number of aryl methyl sites for hydroxylation is 1. The Morgan fingerprint density at radius 1 is 1.39 bits per heavy atom. The molecule has 0 saturated heterocycles. The molecule has 2 rings (SSSR count). The third-order valence-corrected chi connectivity index (χ3v) is 4.07. The van der Waals surface area contributed by atoms with Crippen molar-refractivity contribution in [3.63, 3.8) is 0 Å². The number of rotatable bonds is 4. The van der Waals surface area contributed by atoms with Gasteiger partial charge in [-0.15, -0.1) is 11.3 Å². The van der Waals surface area contributed by atoms with E-state index in [1.165, 1.54) is 11.3 Å². The van der Waals surface area contributed by atoms with Crippen LogP contribution in [-0.4, -0.2) is 12.4 Å². The lowest BCUT2D eigenvalue weighted by Gasteiger charge is -2.07. The van der Waals surface area contributed by atoms with Crippen molar-refractivity contribution < 1.29 is 9.53 Å². The van der Waals surface area contributed by atoms with Gasteiger partial charge in [-0.05, 0) is 37.6 Å². The standard InChI is InChI=1S/C14H13ClO2S/c1-3-17-11-7-5-4-6-10(11)13(16)12-8-9(2)14(15)18-12/h4-8H,3H2,1-2H3. The number of carbonyl (C=O) groups is 1. The molecule has 0 atom stereocenters. The SMILES string of the molecule is CCOc1ccccc1C(=O)c1cc(C)c(Cl)s1. The summed E-state index contributed by atoms with van der Waals surface area (Å²) in [5.41, 5.74) is 1.51. The summed E-state index contributed by atoms with van der Waals surface area (Å²) in [4.78, 5) is 13.0. The first-order valence-corrected chi connectivity index (χ1v) is 6.85. The smallest absolute Gasteiger partial charge is 0.206 e. The predicted octanol–water partition coefficient (Wildman–Crippen LogP) is 4.34. The molecule has 1 aromatic heterocycles. The van der Waals surface area contributed by atoms with Crippen LogP contribution in [0.3, 0.4) is 0 Å². The fourth-order valence-electron chi connectivity index (χ4n) is 1.64. The van der Waals surface area contributed by atoms with Crippen molar-refractivity contribution in [2.75, 3.05) is 6.61 Å². The zero-order valence-electron chi connectivity index (χ0n) is 10.2. The molecule has 0 radical (unpaired) electrons. The molecule has 0 spiro atoms. The number of benzene rings is 1. The average molecular weight is 281 g/mol. The Labute approximate surface area is 115 Å². The number of hydrogen-bond acceptors (Lipinski definition) is 3. The van der Waals surface area contributed by atoms with Gasteiger partial charge in [0.2, 0.25) is 5.78 Å². The van der Waals surface area contributed by atoms with Gasteiger partial charge < -0.3 is 4.74 Å². The van der Waals surface area contributed by atoms with Crippen molar-refractivity contribution in [2.24, 2.45) is 0 Å². The van der Waals surface area contributed by atoms with Gasteiger partial charge in [-0.25, -0.2) is 0 Å². The normalized spacial score (nSPS) is 10.4. The Morgan fingerprint density at radius 3 is 2.72 bits per heavy atom. The van der Waals surface area contributed by atoms with Crippen LogP contribution in [0.25, 0.3) is 0 Å². The third-order valence-electron chi connectivity index (χ3n) is 2.51. The summed E-state index contributed by atoms with van der Waals surface area (Å²) in [5.74, 6) is 0.575. The lowest BCUT2D eigenvalue weighted by atomic mass is 10.1. The van der Waals surface area contributed by atoms with E-state index < -0.39 is 0 Å². The van der Waals surface area contributed by atoms with Crippen LogP contribution in [0.15, 0.2) is 30.3 Å². The first-order chi connectivity index (χ1) is 8.63. The molecule has 4 heteroatoms. The van der Waals surface area contributed by atoms with Crippen molar-refractivity contribution in [3.8, 4) is 5.75 Å². The minimum Gasteiger partial charge on any atom is -0.493 e. The highest BCUT2D eigenvalue weighted by atomic mass is 35.5. The maximum Gasteiger partial charge on any atom is 0.206 e. The summed E-state index contributed by atoms with van der Waals surface area (Å²) < 4.78 is 6.13. The van der Waals surface area contributed by atoms with E-state index in [1.807, 2.05) is 32.0 Å². The molecule has 0 aliphatic carbocycles. The number of hydrogen-bond donors (Lipinski definition) is 0. The molecule has 0 aliphatic heterocycles. The Kier molecular flexibility index (Phi) is 4.04. The topological polar surface area (TPSA) is 26.3 Å². The molecule has 94 valence electrons. The van der Waals surface area contributed by atoms with Crippen LogP contribution in [0.4, 0.5) is 0 Å². The maximum absolute atomic E-state index is 12.4. The van der Waals surface area contributed by atoms with Gasteiger partial charge in [0, 0.05) is 0 Å². The largest absolute Gasteiger partial charge is 0.493 e. The second-order valence-electron chi connectivity index (χ2n) is 3.83. The fourth-order valence-corrected chi connectivity index (χ4v) is 2.80. The summed E-state index contributed by atoms with van der Waals surface area (Å²) in [7, 11) is 0. The van der Waals surface area contributed by atoms with Gasteiger partial charge in [0.15, 0.2) is 0 Å². The van der Waals surface area contributed by atoms with Gasteiger partial charge in [0.05, 0.1) is 21.4 Å². The van der Waals surface area contributed by atoms with Crippen LogP contribution in [0, 0.1) is 6.92 Å². The number of ketones is 1. The average Bonchev–Trinajstić information content (AvgIpc) is 2.70. The summed E-state index contributed by atoms with van der Waals surface area (Å²) in [6, 6.07) is 9.08. The first kappa shape index (κ1) is 13.1. The van der Waals surface area contributed by atoms with Crippen LogP contribution in [-0.2, 0) is 0 Å². The van der Waals surface area contributed by atoms with Crippen LogP contribution >= 0.6 is 22.9 Å². The number of carbonyl (C=O) groups excluding carboxylic acids is 1. The second kappa shape index (κ2) is 5.55. The molecule has 18 heavy (non-hydrogen) atoms. The molecular formula is C14H13ClO2S. The van der Waals surface area contributed by atoms with Crippen molar-refractivity contribution in [1.29, 1.82) is 0 Å². The van der Waals surface area contributed by atoms with Crippen LogP contribution in [0.1, 0.15) is 27.7 Å². The maximum atomic E-state index is 12.4. The molecule has 0 fully saturated rings. The lowest BCUT2D eigenvalue weighted by molar-refractivity contribution is 0.103. The molecule has 1 aromatic carbocycles. The van der Waals surface area contributed by atoms with E-state index in [4.69, 9.17) is 16.3 Å². The molecule has 2 aromatic rings. The molecule has 1 heterocycles. The van der Waals surface area contributed by atoms with E-state index in [0.717, 1.165) is 5.56 Å². The minimum absolute atomic E-state index is 0.0425. The fraction of sp³-hybridized carbons (Fsp3) is 0.214. The summed E-state index contributed by atoms with van der Waals surface area (Å²) >= 11 is 7.30. The van der Waals surface area contributed by atoms with Crippen LogP contribution < -0.4 is 4.74 Å². The molecule has 0 saturated carbocycles. The summed E-state index contributed by atoms with van der Waals surface area (Å²) in [6.07, 6.45) is 0. The Bertz CT molecular complexity index is 555. The van der Waals surface area contributed by atoms with Crippen molar-refractivity contribution in [2.45, 2.75) is 13.8 Å². The van der Waals surface area contributed by atoms with Crippen LogP contribution in [0.2, 0.25) is 4.34 Å². The molecule has 0 N–H and O–H groups in total. The second-order valence-corrected chi connectivity index (χ2v) is 5.48. The molecular weight excluding hydrogens is 268 g/mol. The molecule has 0 bridgehead atoms. The number of ether oxygens (including phenoxy) is 1. The van der Waals surface area contributed by atoms with Gasteiger partial charge >= 0.3 is 0 Å². The van der Waals surface area contributed by atoms with Crippen LogP contribution in [0.5, 0.6) is 5.75 Å². The van der Waals surface area contributed by atoms with E-state index in [9.17, 15) is 4.79 Å². The molecule has 0 unspecified atom stereocenters. The highest BCUT2D eigenvalue weighted by Gasteiger charge is 2.17. The zero-order chi connectivity index (χ0) is 13.1. The molecule has 0 aliphatic rings. The predicted molar refractivity (Wildman–Crippen MR) is 75.1 cm³/mol. The Morgan fingerprint density at radius 2 is 2.11 bits per heavy atom. The van der Waals surface area contributed by atoms with Gasteiger partial charge in [0.25, 0.3) is 0 Å². The number of halogens is 1.